The lowest BCUT2D eigenvalue weighted by Gasteiger charge is -2.04. The van der Waals surface area contributed by atoms with Crippen LogP contribution in [0, 0.1) is 13.8 Å². The Morgan fingerprint density at radius 3 is 2.83 bits per heavy atom. The molecular formula is C11H11ClN4O2. The van der Waals surface area contributed by atoms with Gasteiger partial charge in [-0.3, -0.25) is 0 Å². The predicted octanol–water partition coefficient (Wildman–Crippen LogP) is 3.18. The van der Waals surface area contributed by atoms with Crippen LogP contribution in [0.15, 0.2) is 16.9 Å². The van der Waals surface area contributed by atoms with Crippen molar-refractivity contribution in [3.05, 3.63) is 44.2 Å². The van der Waals surface area contributed by atoms with Crippen LogP contribution in [-0.4, -0.2) is 18.1 Å². The number of hydrogen-bond donors (Lipinski definition) is 0. The summed E-state index contributed by atoms with van der Waals surface area (Å²) in [7, 11) is 1.20. The number of azide groups is 1. The fourth-order valence-electron chi connectivity index (χ4n) is 1.23. The van der Waals surface area contributed by atoms with Crippen LogP contribution in [0.3, 0.4) is 0 Å². The number of ether oxygens (including phenoxy) is 1. The normalized spacial score (nSPS) is 10.8. The first-order valence-electron chi connectivity index (χ1n) is 4.98. The van der Waals surface area contributed by atoms with Gasteiger partial charge < -0.3 is 4.74 Å². The summed E-state index contributed by atoms with van der Waals surface area (Å²) in [6, 6.07) is 1.75. The molecule has 0 aromatic carbocycles. The molecular weight excluding hydrogens is 256 g/mol. The van der Waals surface area contributed by atoms with Gasteiger partial charge in [-0.2, -0.15) is 0 Å². The molecule has 0 atom stereocenters. The van der Waals surface area contributed by atoms with Gasteiger partial charge in [0.1, 0.15) is 10.9 Å². The van der Waals surface area contributed by atoms with Crippen molar-refractivity contribution >= 4 is 23.6 Å². The molecule has 94 valence electrons. The van der Waals surface area contributed by atoms with Crippen molar-refractivity contribution in [2.75, 3.05) is 7.11 Å². The monoisotopic (exact) mass is 266 g/mol. The van der Waals surface area contributed by atoms with Gasteiger partial charge in [-0.15, -0.1) is 0 Å². The van der Waals surface area contributed by atoms with Crippen molar-refractivity contribution in [2.24, 2.45) is 5.11 Å². The molecule has 6 nitrogen and oxygen atoms in total. The SMILES string of the molecule is COC(=O)/C(=C/c1cc(C)c(C)nc1Cl)N=[N+]=[N-]. The highest BCUT2D eigenvalue weighted by molar-refractivity contribution is 6.31. The quantitative estimate of drug-likeness (QED) is 0.210. The van der Waals surface area contributed by atoms with Crippen LogP contribution < -0.4 is 0 Å². The lowest BCUT2D eigenvalue weighted by Crippen LogP contribution is -2.02. The second-order valence-corrected chi connectivity index (χ2v) is 3.84. The zero-order valence-corrected chi connectivity index (χ0v) is 10.9. The average molecular weight is 267 g/mol. The number of rotatable bonds is 3. The number of nitrogens with zero attached hydrogens (tertiary/aromatic N) is 4. The standard InChI is InChI=1S/C11H11ClN4O2/c1-6-4-8(10(12)14-7(6)2)5-9(15-16-13)11(17)18-3/h4-5H,1-3H3/b9-5-. The van der Waals surface area contributed by atoms with Crippen molar-refractivity contribution in [1.82, 2.24) is 4.98 Å². The number of aryl methyl sites for hydroxylation is 2. The first kappa shape index (κ1) is 14.0. The molecule has 0 saturated carbocycles. The number of carbonyl (C=O) groups excluding carboxylic acids is 1. The van der Waals surface area contributed by atoms with Crippen LogP contribution in [0.25, 0.3) is 16.5 Å². The van der Waals surface area contributed by atoms with E-state index in [0.29, 0.717) is 5.56 Å². The molecule has 0 radical (unpaired) electrons. The highest BCUT2D eigenvalue weighted by Gasteiger charge is 2.10. The highest BCUT2D eigenvalue weighted by Crippen LogP contribution is 2.20. The third-order valence-electron chi connectivity index (χ3n) is 2.29. The zero-order valence-electron chi connectivity index (χ0n) is 10.1. The van der Waals surface area contributed by atoms with E-state index in [1.54, 1.807) is 6.07 Å². The summed E-state index contributed by atoms with van der Waals surface area (Å²) in [6.45, 7) is 3.69. The second-order valence-electron chi connectivity index (χ2n) is 3.48. The number of aromatic nitrogens is 1. The summed E-state index contributed by atoms with van der Waals surface area (Å²) in [4.78, 5) is 18.0. The number of carbonyl (C=O) groups is 1. The molecule has 18 heavy (non-hydrogen) atoms. The van der Waals surface area contributed by atoms with Crippen molar-refractivity contribution in [3.8, 4) is 0 Å². The Morgan fingerprint density at radius 2 is 2.28 bits per heavy atom. The molecule has 0 aliphatic rings. The molecule has 0 spiro atoms. The average Bonchev–Trinajstić information content (AvgIpc) is 2.34. The molecule has 1 rings (SSSR count). The summed E-state index contributed by atoms with van der Waals surface area (Å²) >= 11 is 5.95. The first-order chi connectivity index (χ1) is 8.49. The van der Waals surface area contributed by atoms with Gasteiger partial charge in [0, 0.05) is 16.2 Å². The molecule has 1 aromatic heterocycles. The maximum Gasteiger partial charge on any atom is 0.340 e. The molecule has 0 unspecified atom stereocenters. The Kier molecular flexibility index (Phi) is 4.71. The fraction of sp³-hybridized carbons (Fsp3) is 0.273. The largest absolute Gasteiger partial charge is 0.466 e. The van der Waals surface area contributed by atoms with E-state index in [-0.39, 0.29) is 10.9 Å². The lowest BCUT2D eigenvalue weighted by atomic mass is 10.1. The van der Waals surface area contributed by atoms with Gasteiger partial charge in [-0.1, -0.05) is 16.7 Å². The van der Waals surface area contributed by atoms with Crippen LogP contribution in [0.5, 0.6) is 0 Å². The van der Waals surface area contributed by atoms with Gasteiger partial charge in [0.15, 0.2) is 0 Å². The number of hydrogen-bond acceptors (Lipinski definition) is 4. The van der Waals surface area contributed by atoms with Gasteiger partial charge in [0.25, 0.3) is 0 Å². The molecule has 0 bridgehead atoms. The minimum atomic E-state index is -0.734. The van der Waals surface area contributed by atoms with Crippen molar-refractivity contribution in [3.63, 3.8) is 0 Å². The molecule has 0 aliphatic heterocycles. The number of pyridine rings is 1. The molecule has 0 aliphatic carbocycles. The minimum Gasteiger partial charge on any atom is -0.466 e. The second kappa shape index (κ2) is 6.05. The maximum absolute atomic E-state index is 11.4. The van der Waals surface area contributed by atoms with E-state index >= 15 is 0 Å². The van der Waals surface area contributed by atoms with Crippen LogP contribution in [-0.2, 0) is 9.53 Å². The minimum absolute atomic E-state index is 0.174. The van der Waals surface area contributed by atoms with Gasteiger partial charge >= 0.3 is 5.97 Å². The Morgan fingerprint density at radius 1 is 1.61 bits per heavy atom. The van der Waals surface area contributed by atoms with E-state index in [1.807, 2.05) is 13.8 Å². The zero-order chi connectivity index (χ0) is 13.7. The van der Waals surface area contributed by atoms with E-state index in [2.05, 4.69) is 19.7 Å². The Hall–Kier alpha value is -2.04. The van der Waals surface area contributed by atoms with Crippen LogP contribution in [0.2, 0.25) is 5.15 Å². The number of esters is 1. The predicted molar refractivity (Wildman–Crippen MR) is 67.9 cm³/mol. The van der Waals surface area contributed by atoms with Gasteiger partial charge in [0.05, 0.1) is 7.11 Å². The first-order valence-corrected chi connectivity index (χ1v) is 5.36. The van der Waals surface area contributed by atoms with Crippen molar-refractivity contribution in [1.29, 1.82) is 0 Å². The summed E-state index contributed by atoms with van der Waals surface area (Å²) in [5.74, 6) is -0.734. The molecule has 0 fully saturated rings. The molecule has 1 heterocycles. The maximum atomic E-state index is 11.4. The highest BCUT2D eigenvalue weighted by atomic mass is 35.5. The molecule has 1 aromatic rings. The fourth-order valence-corrected chi connectivity index (χ4v) is 1.46. The van der Waals surface area contributed by atoms with Crippen molar-refractivity contribution < 1.29 is 9.53 Å². The summed E-state index contributed by atoms with van der Waals surface area (Å²) in [5, 5.41) is 3.49. The smallest absolute Gasteiger partial charge is 0.340 e. The summed E-state index contributed by atoms with van der Waals surface area (Å²) in [5.41, 5.74) is 10.4. The van der Waals surface area contributed by atoms with Gasteiger partial charge in [0.2, 0.25) is 0 Å². The lowest BCUT2D eigenvalue weighted by molar-refractivity contribution is -0.136. The van der Waals surface area contributed by atoms with E-state index in [4.69, 9.17) is 17.1 Å². The Labute approximate surface area is 109 Å². The molecule has 0 N–H and O–H groups in total. The Bertz CT molecular complexity index is 562. The van der Waals surface area contributed by atoms with Gasteiger partial charge in [-0.25, -0.2) is 9.78 Å². The van der Waals surface area contributed by atoms with E-state index in [1.165, 1.54) is 13.2 Å². The van der Waals surface area contributed by atoms with Crippen LogP contribution in [0.1, 0.15) is 16.8 Å². The van der Waals surface area contributed by atoms with E-state index < -0.39 is 5.97 Å². The summed E-state index contributed by atoms with van der Waals surface area (Å²) < 4.78 is 4.50. The topological polar surface area (TPSA) is 88.0 Å². The molecule has 7 heteroatoms. The van der Waals surface area contributed by atoms with E-state index in [0.717, 1.165) is 11.3 Å². The van der Waals surface area contributed by atoms with Crippen molar-refractivity contribution in [2.45, 2.75) is 13.8 Å². The third kappa shape index (κ3) is 3.23. The number of methoxy groups -OCH3 is 1. The summed E-state index contributed by atoms with van der Waals surface area (Å²) in [6.07, 6.45) is 1.34. The van der Waals surface area contributed by atoms with Gasteiger partial charge in [-0.05, 0) is 37.1 Å². The molecule has 0 saturated heterocycles. The van der Waals surface area contributed by atoms with E-state index in [9.17, 15) is 4.79 Å². The molecule has 0 amide bonds. The van der Waals surface area contributed by atoms with Crippen LogP contribution >= 0.6 is 11.6 Å². The van der Waals surface area contributed by atoms with Crippen LogP contribution in [0.4, 0.5) is 0 Å². The Balaban J connectivity index is 3.32. The number of halogens is 1. The third-order valence-corrected chi connectivity index (χ3v) is 2.59.